The smallest absolute Gasteiger partial charge is 0.307 e. The maximum atomic E-state index is 10.6. The van der Waals surface area contributed by atoms with Crippen LogP contribution in [0, 0.1) is 10.1 Å². The lowest BCUT2D eigenvalue weighted by atomic mass is 10.0. The molecule has 3 rings (SSSR count). The van der Waals surface area contributed by atoms with Crippen molar-refractivity contribution in [1.82, 2.24) is 9.78 Å². The Bertz CT molecular complexity index is 405. The molecule has 6 heteroatoms. The van der Waals surface area contributed by atoms with Crippen LogP contribution in [-0.4, -0.2) is 26.9 Å². The fourth-order valence-corrected chi connectivity index (χ4v) is 2.67. The van der Waals surface area contributed by atoms with Crippen molar-refractivity contribution in [1.29, 1.82) is 0 Å². The van der Waals surface area contributed by atoms with Crippen molar-refractivity contribution in [2.75, 3.05) is 0 Å². The lowest BCUT2D eigenvalue weighted by molar-refractivity contribution is -0.385. The molecule has 0 N–H and O–H groups in total. The third-order valence-corrected chi connectivity index (χ3v) is 3.44. The molecule has 0 saturated carbocycles. The van der Waals surface area contributed by atoms with Crippen molar-refractivity contribution < 1.29 is 9.66 Å². The molecule has 2 saturated heterocycles. The van der Waals surface area contributed by atoms with E-state index in [1.807, 2.05) is 0 Å². The van der Waals surface area contributed by atoms with E-state index >= 15 is 0 Å². The number of hydrogen-bond donors (Lipinski definition) is 0. The standard InChI is InChI=1S/C10H13N3O3/c14-13(15)8-5-11-12(6-8)7-3-9-1-2-10(4-7)16-9/h5-7,9-10H,1-4H2/t7?,9-,10+. The Hall–Kier alpha value is -1.43. The zero-order valence-electron chi connectivity index (χ0n) is 8.78. The van der Waals surface area contributed by atoms with Crippen LogP contribution in [0.2, 0.25) is 0 Å². The molecule has 2 aliphatic rings. The summed E-state index contributed by atoms with van der Waals surface area (Å²) < 4.78 is 7.46. The second kappa shape index (κ2) is 3.55. The molecule has 3 heterocycles. The van der Waals surface area contributed by atoms with Crippen LogP contribution in [0.1, 0.15) is 31.7 Å². The van der Waals surface area contributed by atoms with Gasteiger partial charge in [-0.1, -0.05) is 0 Å². The first-order valence-electron chi connectivity index (χ1n) is 5.56. The second-order valence-corrected chi connectivity index (χ2v) is 4.52. The minimum absolute atomic E-state index is 0.0684. The Balaban J connectivity index is 1.79. The van der Waals surface area contributed by atoms with Gasteiger partial charge in [-0.2, -0.15) is 5.10 Å². The van der Waals surface area contributed by atoms with Gasteiger partial charge in [0.15, 0.2) is 0 Å². The van der Waals surface area contributed by atoms with Crippen LogP contribution in [0.5, 0.6) is 0 Å². The largest absolute Gasteiger partial charge is 0.375 e. The zero-order chi connectivity index (χ0) is 11.1. The highest BCUT2D eigenvalue weighted by molar-refractivity contribution is 5.21. The number of fused-ring (bicyclic) bond motifs is 2. The number of rotatable bonds is 2. The average molecular weight is 223 g/mol. The summed E-state index contributed by atoms with van der Waals surface area (Å²) >= 11 is 0. The third-order valence-electron chi connectivity index (χ3n) is 3.44. The molecular formula is C10H13N3O3. The molecule has 0 aromatic carbocycles. The summed E-state index contributed by atoms with van der Waals surface area (Å²) in [7, 11) is 0. The van der Waals surface area contributed by atoms with Crippen LogP contribution in [0.3, 0.4) is 0 Å². The summed E-state index contributed by atoms with van der Waals surface area (Å²) in [5.41, 5.74) is 0.0684. The molecule has 1 aromatic rings. The van der Waals surface area contributed by atoms with E-state index in [0.29, 0.717) is 12.2 Å². The van der Waals surface area contributed by atoms with Gasteiger partial charge in [0, 0.05) is 0 Å². The van der Waals surface area contributed by atoms with Gasteiger partial charge in [0.1, 0.15) is 12.4 Å². The van der Waals surface area contributed by atoms with Gasteiger partial charge in [-0.15, -0.1) is 0 Å². The average Bonchev–Trinajstić information content (AvgIpc) is 2.85. The van der Waals surface area contributed by atoms with Crippen LogP contribution in [0.15, 0.2) is 12.4 Å². The van der Waals surface area contributed by atoms with Crippen molar-refractivity contribution in [3.05, 3.63) is 22.5 Å². The number of nitrogens with zero attached hydrogens (tertiary/aromatic N) is 3. The fourth-order valence-electron chi connectivity index (χ4n) is 2.67. The van der Waals surface area contributed by atoms with Crippen LogP contribution < -0.4 is 0 Å². The lowest BCUT2D eigenvalue weighted by Crippen LogP contribution is -2.27. The van der Waals surface area contributed by atoms with Gasteiger partial charge in [-0.25, -0.2) is 0 Å². The second-order valence-electron chi connectivity index (χ2n) is 4.52. The highest BCUT2D eigenvalue weighted by Gasteiger charge is 2.36. The Morgan fingerprint density at radius 3 is 2.69 bits per heavy atom. The Kier molecular flexibility index (Phi) is 2.17. The van der Waals surface area contributed by atoms with E-state index in [1.165, 1.54) is 12.4 Å². The van der Waals surface area contributed by atoms with E-state index in [0.717, 1.165) is 25.7 Å². The van der Waals surface area contributed by atoms with E-state index < -0.39 is 4.92 Å². The molecule has 2 aliphatic heterocycles. The van der Waals surface area contributed by atoms with Gasteiger partial charge in [-0.3, -0.25) is 14.8 Å². The minimum atomic E-state index is -0.405. The molecule has 6 nitrogen and oxygen atoms in total. The summed E-state index contributed by atoms with van der Waals surface area (Å²) in [6, 6.07) is 0.264. The maximum Gasteiger partial charge on any atom is 0.307 e. The van der Waals surface area contributed by atoms with E-state index in [1.54, 1.807) is 4.68 Å². The van der Waals surface area contributed by atoms with E-state index in [-0.39, 0.29) is 11.7 Å². The summed E-state index contributed by atoms with van der Waals surface area (Å²) in [5.74, 6) is 0. The Labute approximate surface area is 92.3 Å². The maximum absolute atomic E-state index is 10.6. The summed E-state index contributed by atoms with van der Waals surface area (Å²) in [4.78, 5) is 10.2. The highest BCUT2D eigenvalue weighted by atomic mass is 16.6. The van der Waals surface area contributed by atoms with Gasteiger partial charge in [0.05, 0.1) is 23.2 Å². The van der Waals surface area contributed by atoms with Crippen LogP contribution >= 0.6 is 0 Å². The third kappa shape index (κ3) is 1.59. The SMILES string of the molecule is O=[N+]([O-])c1cnn(C2C[C@H]3CC[C@@H](C2)O3)c1. The minimum Gasteiger partial charge on any atom is -0.375 e. The molecule has 86 valence electrons. The number of hydrogen-bond acceptors (Lipinski definition) is 4. The predicted molar refractivity (Wildman–Crippen MR) is 55.0 cm³/mol. The van der Waals surface area contributed by atoms with Gasteiger partial charge < -0.3 is 4.74 Å². The van der Waals surface area contributed by atoms with E-state index in [4.69, 9.17) is 4.74 Å². The predicted octanol–water partition coefficient (Wildman–Crippen LogP) is 1.67. The van der Waals surface area contributed by atoms with Gasteiger partial charge >= 0.3 is 5.69 Å². The van der Waals surface area contributed by atoms with Gasteiger partial charge in [-0.05, 0) is 25.7 Å². The molecule has 1 unspecified atom stereocenters. The first-order chi connectivity index (χ1) is 7.72. The molecular weight excluding hydrogens is 210 g/mol. The molecule has 0 spiro atoms. The molecule has 2 bridgehead atoms. The summed E-state index contributed by atoms with van der Waals surface area (Å²) in [6.45, 7) is 0. The molecule has 1 aromatic heterocycles. The van der Waals surface area contributed by atoms with Crippen LogP contribution in [0.25, 0.3) is 0 Å². The van der Waals surface area contributed by atoms with E-state index in [9.17, 15) is 10.1 Å². The van der Waals surface area contributed by atoms with Crippen LogP contribution in [0.4, 0.5) is 5.69 Å². The van der Waals surface area contributed by atoms with E-state index in [2.05, 4.69) is 5.10 Å². The number of nitro groups is 1. The van der Waals surface area contributed by atoms with Crippen molar-refractivity contribution in [3.8, 4) is 0 Å². The molecule has 0 radical (unpaired) electrons. The van der Waals surface area contributed by atoms with Gasteiger partial charge in [0.2, 0.25) is 0 Å². The normalized spacial score (nSPS) is 32.9. The Morgan fingerprint density at radius 1 is 1.44 bits per heavy atom. The Morgan fingerprint density at radius 2 is 2.12 bits per heavy atom. The first kappa shape index (κ1) is 9.77. The monoisotopic (exact) mass is 223 g/mol. The first-order valence-corrected chi connectivity index (χ1v) is 5.56. The van der Waals surface area contributed by atoms with Crippen LogP contribution in [-0.2, 0) is 4.74 Å². The molecule has 2 fully saturated rings. The van der Waals surface area contributed by atoms with Crippen molar-refractivity contribution in [2.45, 2.75) is 43.9 Å². The highest BCUT2D eigenvalue weighted by Crippen LogP contribution is 2.38. The van der Waals surface area contributed by atoms with Crippen molar-refractivity contribution >= 4 is 5.69 Å². The fraction of sp³-hybridized carbons (Fsp3) is 0.700. The topological polar surface area (TPSA) is 70.2 Å². The van der Waals surface area contributed by atoms with Crippen molar-refractivity contribution in [2.24, 2.45) is 0 Å². The lowest BCUT2D eigenvalue weighted by Gasteiger charge is -2.28. The molecule has 3 atom stereocenters. The quantitative estimate of drug-likeness (QED) is 0.565. The molecule has 0 aliphatic carbocycles. The van der Waals surface area contributed by atoms with Gasteiger partial charge in [0.25, 0.3) is 0 Å². The van der Waals surface area contributed by atoms with Crippen molar-refractivity contribution in [3.63, 3.8) is 0 Å². The molecule has 16 heavy (non-hydrogen) atoms. The summed E-state index contributed by atoms with van der Waals surface area (Å²) in [6.07, 6.45) is 7.57. The number of aromatic nitrogens is 2. The zero-order valence-corrected chi connectivity index (χ0v) is 8.78. The molecule has 0 amide bonds. The summed E-state index contributed by atoms with van der Waals surface area (Å²) in [5, 5.41) is 14.6. The number of ether oxygens (including phenoxy) is 1.